The van der Waals surface area contributed by atoms with E-state index in [0.717, 1.165) is 35.4 Å². The summed E-state index contributed by atoms with van der Waals surface area (Å²) >= 11 is 1.20. The lowest BCUT2D eigenvalue weighted by Gasteiger charge is -2.25. The Morgan fingerprint density at radius 2 is 1.81 bits per heavy atom. The maximum absolute atomic E-state index is 12.8. The molecule has 0 saturated carbocycles. The fourth-order valence-electron chi connectivity index (χ4n) is 4.00. The molecule has 166 valence electrons. The van der Waals surface area contributed by atoms with Crippen LogP contribution in [0.5, 0.6) is 0 Å². The highest BCUT2D eigenvalue weighted by Crippen LogP contribution is 2.28. The second-order valence-electron chi connectivity index (χ2n) is 8.14. The Labute approximate surface area is 187 Å². The van der Waals surface area contributed by atoms with Gasteiger partial charge in [0.2, 0.25) is 11.8 Å². The van der Waals surface area contributed by atoms with Crippen LogP contribution in [0.2, 0.25) is 0 Å². The molecule has 0 radical (unpaired) electrons. The number of carbonyl (C=O) groups excluding carboxylic acids is 2. The van der Waals surface area contributed by atoms with Gasteiger partial charge in [-0.2, -0.15) is 4.31 Å². The Morgan fingerprint density at radius 3 is 2.52 bits per heavy atom. The van der Waals surface area contributed by atoms with Gasteiger partial charge in [-0.25, -0.2) is 8.42 Å². The van der Waals surface area contributed by atoms with Crippen molar-refractivity contribution < 1.29 is 18.0 Å². The Hall–Kier alpha value is -2.23. The second-order valence-corrected chi connectivity index (χ2v) is 11.5. The summed E-state index contributed by atoms with van der Waals surface area (Å²) in [4.78, 5) is 27.5. The summed E-state index contributed by atoms with van der Waals surface area (Å²) in [7, 11) is -3.46. The highest BCUT2D eigenvalue weighted by atomic mass is 32.2. The summed E-state index contributed by atoms with van der Waals surface area (Å²) in [5.74, 6) is -0.655. The molecule has 31 heavy (non-hydrogen) atoms. The normalized spacial score (nSPS) is 20.2. The van der Waals surface area contributed by atoms with Crippen LogP contribution in [0.3, 0.4) is 0 Å². The first kappa shape index (κ1) is 22.0. The van der Waals surface area contributed by atoms with Crippen molar-refractivity contribution in [2.75, 3.05) is 24.5 Å². The Balaban J connectivity index is 1.34. The van der Waals surface area contributed by atoms with E-state index in [0.29, 0.717) is 23.8 Å². The summed E-state index contributed by atoms with van der Waals surface area (Å²) in [6.45, 7) is 3.74. The molecule has 1 N–H and O–H groups in total. The molecule has 9 heteroatoms. The quantitative estimate of drug-likeness (QED) is 0.717. The van der Waals surface area contributed by atoms with Crippen LogP contribution in [0.25, 0.3) is 0 Å². The van der Waals surface area contributed by atoms with Crippen LogP contribution in [0.1, 0.15) is 36.1 Å². The Morgan fingerprint density at radius 1 is 1.10 bits per heavy atom. The van der Waals surface area contributed by atoms with Crippen molar-refractivity contribution in [2.24, 2.45) is 5.92 Å². The van der Waals surface area contributed by atoms with Crippen molar-refractivity contribution in [3.05, 3.63) is 46.8 Å². The van der Waals surface area contributed by atoms with Gasteiger partial charge in [0, 0.05) is 36.6 Å². The van der Waals surface area contributed by atoms with Crippen LogP contribution in [-0.2, 0) is 26.2 Å². The number of rotatable bonds is 6. The Bertz CT molecular complexity index is 1060. The number of nitrogens with one attached hydrogen (secondary N) is 1. The number of sulfonamides is 1. The molecule has 1 aromatic carbocycles. The van der Waals surface area contributed by atoms with Crippen LogP contribution in [0.15, 0.2) is 40.6 Å². The smallest absolute Gasteiger partial charge is 0.252 e. The van der Waals surface area contributed by atoms with Crippen molar-refractivity contribution in [3.63, 3.8) is 0 Å². The minimum atomic E-state index is -3.46. The molecule has 0 aliphatic carbocycles. The molecule has 2 amide bonds. The van der Waals surface area contributed by atoms with Gasteiger partial charge in [-0.05, 0) is 44.0 Å². The molecule has 0 spiro atoms. The van der Waals surface area contributed by atoms with Gasteiger partial charge in [0.15, 0.2) is 0 Å². The van der Waals surface area contributed by atoms with Gasteiger partial charge in [0.1, 0.15) is 4.21 Å². The monoisotopic (exact) mass is 461 g/mol. The highest BCUT2D eigenvalue weighted by molar-refractivity contribution is 7.91. The van der Waals surface area contributed by atoms with E-state index in [1.807, 2.05) is 31.2 Å². The molecule has 1 atom stereocenters. The Kier molecular flexibility index (Phi) is 6.45. The first-order valence-corrected chi connectivity index (χ1v) is 12.8. The van der Waals surface area contributed by atoms with E-state index < -0.39 is 15.9 Å². The number of amides is 2. The van der Waals surface area contributed by atoms with E-state index in [1.165, 1.54) is 11.3 Å². The zero-order valence-corrected chi connectivity index (χ0v) is 19.2. The van der Waals surface area contributed by atoms with Crippen molar-refractivity contribution in [2.45, 2.75) is 43.4 Å². The van der Waals surface area contributed by atoms with Crippen molar-refractivity contribution >= 4 is 38.9 Å². The lowest BCUT2D eigenvalue weighted by atomic mass is 10.1. The molecule has 2 aliphatic heterocycles. The number of carbonyl (C=O) groups is 2. The maximum atomic E-state index is 12.8. The summed E-state index contributed by atoms with van der Waals surface area (Å²) in [6.07, 6.45) is 3.04. The zero-order chi connectivity index (χ0) is 22.0. The summed E-state index contributed by atoms with van der Waals surface area (Å²) in [6, 6.07) is 11.0. The van der Waals surface area contributed by atoms with Crippen LogP contribution in [-0.4, -0.2) is 44.2 Å². The average Bonchev–Trinajstić information content (AvgIpc) is 3.41. The third-order valence-electron chi connectivity index (χ3n) is 5.82. The molecular weight excluding hydrogens is 434 g/mol. The number of benzene rings is 1. The minimum absolute atomic E-state index is 0.0602. The summed E-state index contributed by atoms with van der Waals surface area (Å²) in [5, 5.41) is 2.87. The molecule has 2 aliphatic rings. The van der Waals surface area contributed by atoms with Crippen LogP contribution < -0.4 is 10.2 Å². The number of thiophene rings is 1. The summed E-state index contributed by atoms with van der Waals surface area (Å²) < 4.78 is 27.4. The average molecular weight is 462 g/mol. The van der Waals surface area contributed by atoms with E-state index in [1.54, 1.807) is 21.3 Å². The predicted molar refractivity (Wildman–Crippen MR) is 120 cm³/mol. The molecule has 0 bridgehead atoms. The van der Waals surface area contributed by atoms with E-state index >= 15 is 0 Å². The topological polar surface area (TPSA) is 86.8 Å². The van der Waals surface area contributed by atoms with Crippen LogP contribution in [0, 0.1) is 12.8 Å². The van der Waals surface area contributed by atoms with Crippen molar-refractivity contribution in [3.8, 4) is 0 Å². The number of anilines is 1. The summed E-state index contributed by atoms with van der Waals surface area (Å²) in [5.41, 5.74) is 1.92. The molecule has 1 aromatic heterocycles. The van der Waals surface area contributed by atoms with E-state index in [2.05, 4.69) is 5.32 Å². The second kappa shape index (κ2) is 9.10. The molecule has 2 fully saturated rings. The van der Waals surface area contributed by atoms with Gasteiger partial charge in [-0.15, -0.1) is 11.3 Å². The molecular formula is C22H27N3O4S2. The number of hydrogen-bond donors (Lipinski definition) is 1. The number of nitrogens with zero attached hydrogens (tertiary/aromatic N) is 2. The zero-order valence-electron chi connectivity index (χ0n) is 17.5. The molecule has 7 nitrogen and oxygen atoms in total. The lowest BCUT2D eigenvalue weighted by molar-refractivity contribution is -0.126. The fraction of sp³-hybridized carbons (Fsp3) is 0.455. The van der Waals surface area contributed by atoms with E-state index in [4.69, 9.17) is 0 Å². The van der Waals surface area contributed by atoms with Crippen molar-refractivity contribution in [1.29, 1.82) is 0 Å². The van der Waals surface area contributed by atoms with Gasteiger partial charge in [0.25, 0.3) is 10.0 Å². The van der Waals surface area contributed by atoms with Gasteiger partial charge in [-0.1, -0.05) is 24.1 Å². The van der Waals surface area contributed by atoms with Gasteiger partial charge in [0.05, 0.1) is 12.5 Å². The molecule has 4 rings (SSSR count). The van der Waals surface area contributed by atoms with Gasteiger partial charge < -0.3 is 10.2 Å². The lowest BCUT2D eigenvalue weighted by Crippen LogP contribution is -2.35. The number of aryl methyl sites for hydroxylation is 1. The standard InChI is InChI=1S/C22H27N3O4S2/c1-16-5-7-18(8-6-16)25-15-17(13-20(25)26)22(27)23-14-19-9-10-21(30-19)31(28,29)24-11-3-2-4-12-24/h5-10,17H,2-4,11-15H2,1H3,(H,23,27)/t17-/m1/s1. The maximum Gasteiger partial charge on any atom is 0.252 e. The minimum Gasteiger partial charge on any atom is -0.351 e. The van der Waals surface area contributed by atoms with Gasteiger partial charge >= 0.3 is 0 Å². The SMILES string of the molecule is Cc1ccc(N2C[C@H](C(=O)NCc3ccc(S(=O)(=O)N4CCCCC4)s3)CC2=O)cc1. The largest absolute Gasteiger partial charge is 0.351 e. The van der Waals surface area contributed by atoms with E-state index in [9.17, 15) is 18.0 Å². The molecule has 0 unspecified atom stereocenters. The van der Waals surface area contributed by atoms with Crippen molar-refractivity contribution in [1.82, 2.24) is 9.62 Å². The third-order valence-corrected chi connectivity index (χ3v) is 9.28. The highest BCUT2D eigenvalue weighted by Gasteiger charge is 2.35. The molecule has 3 heterocycles. The third kappa shape index (κ3) is 4.83. The number of hydrogen-bond acceptors (Lipinski definition) is 5. The fourth-order valence-corrected chi connectivity index (χ4v) is 6.97. The first-order chi connectivity index (χ1) is 14.8. The van der Waals surface area contributed by atoms with E-state index in [-0.39, 0.29) is 24.8 Å². The van der Waals surface area contributed by atoms with Gasteiger partial charge in [-0.3, -0.25) is 9.59 Å². The first-order valence-electron chi connectivity index (χ1n) is 10.6. The predicted octanol–water partition coefficient (Wildman–Crippen LogP) is 2.90. The number of piperidine rings is 1. The molecule has 2 aromatic rings. The van der Waals surface area contributed by atoms with Crippen LogP contribution in [0.4, 0.5) is 5.69 Å². The molecule has 2 saturated heterocycles. The van der Waals surface area contributed by atoms with Crippen LogP contribution >= 0.6 is 11.3 Å².